The summed E-state index contributed by atoms with van der Waals surface area (Å²) in [4.78, 5) is 4.45. The summed E-state index contributed by atoms with van der Waals surface area (Å²) in [5.41, 5.74) is 1.11. The largest absolute Gasteiger partial charge is 0.469 e. The maximum absolute atomic E-state index is 12.5. The molecule has 0 saturated carbocycles. The Labute approximate surface area is 162 Å². The van der Waals surface area contributed by atoms with E-state index in [-0.39, 0.29) is 17.7 Å². The molecular weight excluding hydrogens is 362 g/mol. The standard InChI is InChI=1S/C20H29N3O3S/c1-20(2,3)16-7-9-18(10-8-16)27(24,25)15-13-23-19(21-4)22-12-11-17-6-5-14-26-17/h5-10,14H,11-13,15H2,1-4H3,(H2,21,22,23). The summed E-state index contributed by atoms with van der Waals surface area (Å²) in [7, 11) is -1.69. The van der Waals surface area contributed by atoms with Gasteiger partial charge in [0.15, 0.2) is 15.8 Å². The third kappa shape index (κ3) is 6.43. The summed E-state index contributed by atoms with van der Waals surface area (Å²) in [6.45, 7) is 7.23. The van der Waals surface area contributed by atoms with E-state index in [0.29, 0.717) is 17.4 Å². The first kappa shape index (κ1) is 21.0. The van der Waals surface area contributed by atoms with Crippen LogP contribution in [0.5, 0.6) is 0 Å². The van der Waals surface area contributed by atoms with Crippen molar-refractivity contribution in [3.63, 3.8) is 0 Å². The summed E-state index contributed by atoms with van der Waals surface area (Å²) in [6, 6.07) is 10.9. The molecule has 0 aliphatic heterocycles. The van der Waals surface area contributed by atoms with Crippen molar-refractivity contribution >= 4 is 15.8 Å². The molecule has 1 heterocycles. The Hall–Kier alpha value is -2.28. The molecule has 148 valence electrons. The summed E-state index contributed by atoms with van der Waals surface area (Å²) < 4.78 is 30.3. The van der Waals surface area contributed by atoms with Crippen LogP contribution in [0.25, 0.3) is 0 Å². The Morgan fingerprint density at radius 2 is 1.74 bits per heavy atom. The minimum atomic E-state index is -3.34. The van der Waals surface area contributed by atoms with Gasteiger partial charge in [0.1, 0.15) is 5.76 Å². The van der Waals surface area contributed by atoms with Crippen LogP contribution < -0.4 is 10.6 Å². The van der Waals surface area contributed by atoms with E-state index in [9.17, 15) is 8.42 Å². The SMILES string of the molecule is CN=C(NCCc1ccco1)NCCS(=O)(=O)c1ccc(C(C)(C)C)cc1. The van der Waals surface area contributed by atoms with Gasteiger partial charge in [0.2, 0.25) is 0 Å². The van der Waals surface area contributed by atoms with Gasteiger partial charge in [-0.05, 0) is 35.2 Å². The molecule has 27 heavy (non-hydrogen) atoms. The third-order valence-electron chi connectivity index (χ3n) is 4.21. The first-order chi connectivity index (χ1) is 12.7. The Kier molecular flexibility index (Phi) is 7.07. The van der Waals surface area contributed by atoms with Crippen molar-refractivity contribution in [3.8, 4) is 0 Å². The maximum Gasteiger partial charge on any atom is 0.191 e. The lowest BCUT2D eigenvalue weighted by Crippen LogP contribution is -2.40. The smallest absolute Gasteiger partial charge is 0.191 e. The lowest BCUT2D eigenvalue weighted by Gasteiger charge is -2.19. The van der Waals surface area contributed by atoms with E-state index >= 15 is 0 Å². The molecule has 0 aliphatic rings. The molecule has 0 atom stereocenters. The van der Waals surface area contributed by atoms with E-state index in [4.69, 9.17) is 4.42 Å². The number of hydrogen-bond donors (Lipinski definition) is 2. The van der Waals surface area contributed by atoms with E-state index in [2.05, 4.69) is 36.4 Å². The van der Waals surface area contributed by atoms with Crippen LogP contribution in [0.4, 0.5) is 0 Å². The molecule has 0 fully saturated rings. The number of guanidine groups is 1. The molecule has 0 radical (unpaired) electrons. The van der Waals surface area contributed by atoms with Gasteiger partial charge in [-0.1, -0.05) is 32.9 Å². The van der Waals surface area contributed by atoms with Crippen LogP contribution in [-0.4, -0.2) is 40.3 Å². The summed E-state index contributed by atoms with van der Waals surface area (Å²) in [5.74, 6) is 1.46. The van der Waals surface area contributed by atoms with Crippen molar-refractivity contribution in [2.24, 2.45) is 4.99 Å². The van der Waals surface area contributed by atoms with E-state index in [1.54, 1.807) is 25.4 Å². The number of rotatable bonds is 7. The average Bonchev–Trinajstić information content (AvgIpc) is 3.13. The Morgan fingerprint density at radius 3 is 2.30 bits per heavy atom. The molecule has 2 N–H and O–H groups in total. The average molecular weight is 392 g/mol. The molecular formula is C20H29N3O3S. The zero-order chi connectivity index (χ0) is 19.9. The highest BCUT2D eigenvalue weighted by atomic mass is 32.2. The van der Waals surface area contributed by atoms with Gasteiger partial charge in [-0.25, -0.2) is 8.42 Å². The second-order valence-corrected chi connectivity index (χ2v) is 9.46. The number of benzene rings is 1. The Balaban J connectivity index is 1.83. The summed E-state index contributed by atoms with van der Waals surface area (Å²) in [5, 5.41) is 6.18. The predicted octanol–water partition coefficient (Wildman–Crippen LogP) is 2.76. The van der Waals surface area contributed by atoms with Crippen molar-refractivity contribution in [3.05, 3.63) is 54.0 Å². The molecule has 6 nitrogen and oxygen atoms in total. The molecule has 0 spiro atoms. The third-order valence-corrected chi connectivity index (χ3v) is 5.94. The zero-order valence-corrected chi connectivity index (χ0v) is 17.3. The monoisotopic (exact) mass is 391 g/mol. The fourth-order valence-corrected chi connectivity index (χ4v) is 3.72. The van der Waals surface area contributed by atoms with Crippen LogP contribution in [-0.2, 0) is 21.7 Å². The van der Waals surface area contributed by atoms with Gasteiger partial charge in [0, 0.05) is 26.6 Å². The second kappa shape index (κ2) is 9.08. The highest BCUT2D eigenvalue weighted by molar-refractivity contribution is 7.91. The summed E-state index contributed by atoms with van der Waals surface area (Å²) >= 11 is 0. The number of furan rings is 1. The number of hydrogen-bond acceptors (Lipinski definition) is 4. The molecule has 2 aromatic rings. The van der Waals surface area contributed by atoms with Gasteiger partial charge >= 0.3 is 0 Å². The lowest BCUT2D eigenvalue weighted by molar-refractivity contribution is 0.507. The van der Waals surface area contributed by atoms with E-state index < -0.39 is 9.84 Å². The van der Waals surface area contributed by atoms with Crippen LogP contribution in [0, 0.1) is 0 Å². The predicted molar refractivity (Wildman–Crippen MR) is 109 cm³/mol. The quantitative estimate of drug-likeness (QED) is 0.560. The van der Waals surface area contributed by atoms with Gasteiger partial charge in [-0.3, -0.25) is 4.99 Å². The number of nitrogens with zero attached hydrogens (tertiary/aromatic N) is 1. The first-order valence-corrected chi connectivity index (χ1v) is 10.7. The maximum atomic E-state index is 12.5. The van der Waals surface area contributed by atoms with Gasteiger partial charge in [-0.15, -0.1) is 0 Å². The molecule has 2 rings (SSSR count). The molecule has 0 amide bonds. The van der Waals surface area contributed by atoms with Crippen molar-refractivity contribution < 1.29 is 12.8 Å². The van der Waals surface area contributed by atoms with Crippen molar-refractivity contribution in [1.29, 1.82) is 0 Å². The minimum absolute atomic E-state index is 0.000742. The van der Waals surface area contributed by atoms with Crippen LogP contribution in [0.15, 0.2) is 57.0 Å². The van der Waals surface area contributed by atoms with Crippen molar-refractivity contribution in [2.75, 3.05) is 25.9 Å². The molecule has 1 aromatic heterocycles. The van der Waals surface area contributed by atoms with Crippen LogP contribution in [0.1, 0.15) is 32.1 Å². The second-order valence-electron chi connectivity index (χ2n) is 7.35. The van der Waals surface area contributed by atoms with Gasteiger partial charge < -0.3 is 15.1 Å². The molecule has 0 saturated heterocycles. The Morgan fingerprint density at radius 1 is 1.07 bits per heavy atom. The van der Waals surface area contributed by atoms with Crippen LogP contribution in [0.3, 0.4) is 0 Å². The van der Waals surface area contributed by atoms with Crippen molar-refractivity contribution in [2.45, 2.75) is 37.5 Å². The topological polar surface area (TPSA) is 83.7 Å². The van der Waals surface area contributed by atoms with Gasteiger partial charge in [-0.2, -0.15) is 0 Å². The highest BCUT2D eigenvalue weighted by Crippen LogP contribution is 2.23. The minimum Gasteiger partial charge on any atom is -0.469 e. The van der Waals surface area contributed by atoms with Crippen molar-refractivity contribution in [1.82, 2.24) is 10.6 Å². The van der Waals surface area contributed by atoms with E-state index in [1.165, 1.54) is 0 Å². The fourth-order valence-electron chi connectivity index (χ4n) is 2.56. The number of sulfone groups is 1. The first-order valence-electron chi connectivity index (χ1n) is 9.02. The zero-order valence-electron chi connectivity index (χ0n) is 16.5. The van der Waals surface area contributed by atoms with E-state index in [1.807, 2.05) is 24.3 Å². The van der Waals surface area contributed by atoms with Gasteiger partial charge in [0.05, 0.1) is 16.9 Å². The van der Waals surface area contributed by atoms with Gasteiger partial charge in [0.25, 0.3) is 0 Å². The Bertz CT molecular complexity index is 834. The molecule has 0 bridgehead atoms. The molecule has 1 aromatic carbocycles. The number of nitrogens with one attached hydrogen (secondary N) is 2. The molecule has 7 heteroatoms. The molecule has 0 unspecified atom stereocenters. The van der Waals surface area contributed by atoms with Crippen LogP contribution >= 0.6 is 0 Å². The lowest BCUT2D eigenvalue weighted by atomic mass is 9.87. The molecule has 0 aliphatic carbocycles. The normalized spacial score (nSPS) is 12.8. The number of aliphatic imine (C=N–C) groups is 1. The fraction of sp³-hybridized carbons (Fsp3) is 0.450. The van der Waals surface area contributed by atoms with E-state index in [0.717, 1.165) is 17.7 Å². The summed E-state index contributed by atoms with van der Waals surface area (Å²) in [6.07, 6.45) is 2.37. The van der Waals surface area contributed by atoms with Crippen LogP contribution in [0.2, 0.25) is 0 Å². The highest BCUT2D eigenvalue weighted by Gasteiger charge is 2.17.